The summed E-state index contributed by atoms with van der Waals surface area (Å²) in [5.74, 6) is -0.0174. The summed E-state index contributed by atoms with van der Waals surface area (Å²) in [5, 5.41) is 0. The Morgan fingerprint density at radius 3 is 2.87 bits per heavy atom. The van der Waals surface area contributed by atoms with E-state index < -0.39 is 5.82 Å². The molecule has 2 heterocycles. The van der Waals surface area contributed by atoms with E-state index >= 15 is 0 Å². The molecule has 0 radical (unpaired) electrons. The lowest BCUT2D eigenvalue weighted by Crippen LogP contribution is -2.31. The molecule has 2 atom stereocenters. The first-order valence-corrected chi connectivity index (χ1v) is 4.85. The Kier molecular flexibility index (Phi) is 1.79. The molecule has 0 amide bonds. The van der Waals surface area contributed by atoms with E-state index in [1.54, 1.807) is 0 Å². The van der Waals surface area contributed by atoms with Crippen LogP contribution in [0.2, 0.25) is 0 Å². The van der Waals surface area contributed by atoms with Crippen molar-refractivity contribution >= 4 is 5.78 Å². The van der Waals surface area contributed by atoms with E-state index in [9.17, 15) is 9.18 Å². The average molecular weight is 208 g/mol. The van der Waals surface area contributed by atoms with Gasteiger partial charge in [0.1, 0.15) is 23.8 Å². The lowest BCUT2D eigenvalue weighted by atomic mass is 9.99. The van der Waals surface area contributed by atoms with E-state index in [0.717, 1.165) is 0 Å². The van der Waals surface area contributed by atoms with Crippen molar-refractivity contribution in [1.82, 2.24) is 0 Å². The summed E-state index contributed by atoms with van der Waals surface area (Å²) >= 11 is 0. The largest absolute Gasteiger partial charge is 0.486 e. The predicted octanol–water partition coefficient (Wildman–Crippen LogP) is 1.56. The molecule has 0 unspecified atom stereocenters. The monoisotopic (exact) mass is 208 g/mol. The number of carbonyl (C=O) groups excluding carboxylic acids is 1. The molecule has 2 aliphatic rings. The zero-order valence-corrected chi connectivity index (χ0v) is 7.90. The summed E-state index contributed by atoms with van der Waals surface area (Å²) in [6, 6.07) is 4.01. The number of rotatable bonds is 1. The smallest absolute Gasteiger partial charge is 0.170 e. The van der Waals surface area contributed by atoms with Gasteiger partial charge >= 0.3 is 0 Å². The molecule has 3 nitrogen and oxygen atoms in total. The Morgan fingerprint density at radius 2 is 2.13 bits per heavy atom. The van der Waals surface area contributed by atoms with E-state index in [1.165, 1.54) is 18.2 Å². The van der Waals surface area contributed by atoms with Crippen molar-refractivity contribution in [2.45, 2.75) is 18.6 Å². The summed E-state index contributed by atoms with van der Waals surface area (Å²) in [6.07, 6.45) is 0.115. The summed E-state index contributed by atoms with van der Waals surface area (Å²) < 4.78 is 23.6. The molecule has 1 aromatic rings. The van der Waals surface area contributed by atoms with Crippen molar-refractivity contribution in [3.63, 3.8) is 0 Å². The molecule has 0 aliphatic carbocycles. The van der Waals surface area contributed by atoms with Gasteiger partial charge in [-0.1, -0.05) is 0 Å². The molecule has 0 N–H and O–H groups in total. The fourth-order valence-electron chi connectivity index (χ4n) is 1.80. The molecule has 0 bridgehead atoms. The number of ketones is 1. The Morgan fingerprint density at radius 1 is 1.33 bits per heavy atom. The highest BCUT2D eigenvalue weighted by Gasteiger charge is 2.39. The van der Waals surface area contributed by atoms with Crippen molar-refractivity contribution in [3.05, 3.63) is 29.6 Å². The Labute approximate surface area is 85.8 Å². The highest BCUT2D eigenvalue weighted by molar-refractivity contribution is 6.00. The van der Waals surface area contributed by atoms with Gasteiger partial charge in [0.15, 0.2) is 5.78 Å². The molecule has 2 aliphatic heterocycles. The molecule has 1 fully saturated rings. The number of halogens is 1. The van der Waals surface area contributed by atoms with Crippen molar-refractivity contribution in [3.8, 4) is 5.75 Å². The average Bonchev–Trinajstić information content (AvgIpc) is 3.02. The van der Waals surface area contributed by atoms with Crippen LogP contribution in [0.4, 0.5) is 4.39 Å². The molecule has 3 rings (SSSR count). The third-order valence-corrected chi connectivity index (χ3v) is 2.68. The van der Waals surface area contributed by atoms with Gasteiger partial charge in [0.05, 0.1) is 18.6 Å². The van der Waals surface area contributed by atoms with Gasteiger partial charge in [-0.15, -0.1) is 0 Å². The topological polar surface area (TPSA) is 38.8 Å². The number of Topliss-reactive ketones (excluding diaryl/α,β-unsaturated/α-hetero) is 1. The number of carbonyl (C=O) groups is 1. The molecule has 0 aromatic heterocycles. The molecule has 4 heteroatoms. The van der Waals surface area contributed by atoms with Crippen LogP contribution in [-0.2, 0) is 4.74 Å². The third-order valence-electron chi connectivity index (χ3n) is 2.68. The Hall–Kier alpha value is -1.42. The summed E-state index contributed by atoms with van der Waals surface area (Å²) in [7, 11) is 0. The number of fused-ring (bicyclic) bond motifs is 1. The van der Waals surface area contributed by atoms with E-state index in [0.29, 0.717) is 17.9 Å². The number of hydrogen-bond acceptors (Lipinski definition) is 3. The fraction of sp³-hybridized carbons (Fsp3) is 0.364. The first kappa shape index (κ1) is 8.85. The summed E-state index contributed by atoms with van der Waals surface area (Å²) in [6.45, 7) is 0.647. The van der Waals surface area contributed by atoms with Crippen molar-refractivity contribution in [2.24, 2.45) is 0 Å². The van der Waals surface area contributed by atoms with Crippen LogP contribution < -0.4 is 4.74 Å². The summed E-state index contributed by atoms with van der Waals surface area (Å²) in [5.41, 5.74) is 0.340. The van der Waals surface area contributed by atoms with Crippen LogP contribution in [0.5, 0.6) is 5.75 Å². The van der Waals surface area contributed by atoms with E-state index in [-0.39, 0.29) is 24.4 Å². The second-order valence-corrected chi connectivity index (χ2v) is 3.80. The van der Waals surface area contributed by atoms with Crippen LogP contribution in [0.1, 0.15) is 16.8 Å². The van der Waals surface area contributed by atoms with Crippen LogP contribution in [0, 0.1) is 5.82 Å². The minimum Gasteiger partial charge on any atom is -0.486 e. The molecule has 0 spiro atoms. The van der Waals surface area contributed by atoms with Gasteiger partial charge < -0.3 is 9.47 Å². The lowest BCUT2D eigenvalue weighted by Gasteiger charge is -2.23. The Balaban J connectivity index is 1.96. The van der Waals surface area contributed by atoms with Gasteiger partial charge in [-0.2, -0.15) is 0 Å². The zero-order chi connectivity index (χ0) is 10.4. The third kappa shape index (κ3) is 1.51. The minimum atomic E-state index is -0.410. The number of ether oxygens (including phenoxy) is 2. The van der Waals surface area contributed by atoms with Crippen LogP contribution in [0.3, 0.4) is 0 Å². The van der Waals surface area contributed by atoms with Gasteiger partial charge in [-0.3, -0.25) is 4.79 Å². The number of benzene rings is 1. The predicted molar refractivity (Wildman–Crippen MR) is 49.5 cm³/mol. The van der Waals surface area contributed by atoms with Gasteiger partial charge in [0.2, 0.25) is 0 Å². The SMILES string of the molecule is O=C1C[C@@H]([C@H]2CO2)Oc2ccc(F)cc21. The van der Waals surface area contributed by atoms with Crippen LogP contribution in [0.15, 0.2) is 18.2 Å². The van der Waals surface area contributed by atoms with Crippen molar-refractivity contribution < 1.29 is 18.7 Å². The van der Waals surface area contributed by atoms with Gasteiger partial charge in [-0.05, 0) is 18.2 Å². The minimum absolute atomic E-state index is 0.0344. The number of hydrogen-bond donors (Lipinski definition) is 0. The maximum Gasteiger partial charge on any atom is 0.170 e. The molecular formula is C11H9FO3. The van der Waals surface area contributed by atoms with Crippen molar-refractivity contribution in [2.75, 3.05) is 6.61 Å². The van der Waals surface area contributed by atoms with Crippen LogP contribution >= 0.6 is 0 Å². The Bertz CT molecular complexity index is 426. The zero-order valence-electron chi connectivity index (χ0n) is 7.90. The fourth-order valence-corrected chi connectivity index (χ4v) is 1.80. The van der Waals surface area contributed by atoms with E-state index in [4.69, 9.17) is 9.47 Å². The first-order valence-electron chi connectivity index (χ1n) is 4.85. The molecule has 1 saturated heterocycles. The van der Waals surface area contributed by atoms with Gasteiger partial charge in [-0.25, -0.2) is 4.39 Å². The molecular weight excluding hydrogens is 199 g/mol. The molecule has 78 valence electrons. The lowest BCUT2D eigenvalue weighted by molar-refractivity contribution is 0.0799. The quantitative estimate of drug-likeness (QED) is 0.657. The van der Waals surface area contributed by atoms with Crippen molar-refractivity contribution in [1.29, 1.82) is 0 Å². The first-order chi connectivity index (χ1) is 7.24. The summed E-state index contributed by atoms with van der Waals surface area (Å²) in [4.78, 5) is 11.7. The van der Waals surface area contributed by atoms with Crippen LogP contribution in [0.25, 0.3) is 0 Å². The van der Waals surface area contributed by atoms with E-state index in [1.807, 2.05) is 0 Å². The van der Waals surface area contributed by atoms with Gasteiger partial charge in [0, 0.05) is 0 Å². The van der Waals surface area contributed by atoms with E-state index in [2.05, 4.69) is 0 Å². The standard InChI is InChI=1S/C11H9FO3/c12-6-1-2-9-7(3-6)8(13)4-10(15-9)11-5-14-11/h1-3,10-11H,4-5H2/t10-,11+/m0/s1. The second kappa shape index (κ2) is 3.03. The highest BCUT2D eigenvalue weighted by Crippen LogP contribution is 2.32. The maximum atomic E-state index is 12.9. The second-order valence-electron chi connectivity index (χ2n) is 3.80. The molecule has 15 heavy (non-hydrogen) atoms. The normalized spacial score (nSPS) is 28.2. The molecule has 0 saturated carbocycles. The van der Waals surface area contributed by atoms with Crippen LogP contribution in [-0.4, -0.2) is 24.6 Å². The highest BCUT2D eigenvalue weighted by atomic mass is 19.1. The maximum absolute atomic E-state index is 12.9. The molecule has 1 aromatic carbocycles. The number of epoxide rings is 1. The van der Waals surface area contributed by atoms with Gasteiger partial charge in [0.25, 0.3) is 0 Å².